The molecule has 3 saturated carbocycles. The standard InChI is InChI=1S/C16H19Br2NO/c1-14(2)15(3)8-9-16(14,12(15)18)13(20)19-11-6-4-10(17)5-7-11/h4-7,12H,8-9H2,1-3H3,(H,19,20)/t12-,15+,16+/m1/s1. The molecule has 1 N–H and O–H groups in total. The highest BCUT2D eigenvalue weighted by Crippen LogP contribution is 2.79. The van der Waals surface area contributed by atoms with Gasteiger partial charge in [0.25, 0.3) is 0 Å². The third-order valence-corrected chi connectivity index (χ3v) is 8.40. The Morgan fingerprint density at radius 3 is 2.25 bits per heavy atom. The smallest absolute Gasteiger partial charge is 0.232 e. The minimum absolute atomic E-state index is 0.0353. The summed E-state index contributed by atoms with van der Waals surface area (Å²) in [5, 5.41) is 3.10. The van der Waals surface area contributed by atoms with Crippen LogP contribution in [0.2, 0.25) is 0 Å². The Morgan fingerprint density at radius 1 is 1.20 bits per heavy atom. The van der Waals surface area contributed by atoms with E-state index in [0.717, 1.165) is 23.0 Å². The van der Waals surface area contributed by atoms with Crippen LogP contribution in [0.5, 0.6) is 0 Å². The molecule has 0 heterocycles. The highest BCUT2D eigenvalue weighted by molar-refractivity contribution is 9.10. The maximum atomic E-state index is 12.9. The third kappa shape index (κ3) is 1.52. The van der Waals surface area contributed by atoms with Crippen LogP contribution in [-0.2, 0) is 4.79 Å². The zero-order chi connectivity index (χ0) is 14.8. The summed E-state index contributed by atoms with van der Waals surface area (Å²) in [4.78, 5) is 13.1. The Bertz CT molecular complexity index is 568. The van der Waals surface area contributed by atoms with E-state index in [2.05, 4.69) is 57.9 Å². The number of hydrogen-bond donors (Lipinski definition) is 1. The van der Waals surface area contributed by atoms with Crippen LogP contribution >= 0.6 is 31.9 Å². The summed E-state index contributed by atoms with van der Waals surface area (Å²) in [6.45, 7) is 6.77. The second-order valence-electron chi connectivity index (χ2n) is 6.84. The second-order valence-corrected chi connectivity index (χ2v) is 8.67. The number of halogens is 2. The molecule has 108 valence electrons. The first kappa shape index (κ1) is 14.6. The molecule has 0 radical (unpaired) electrons. The van der Waals surface area contributed by atoms with Gasteiger partial charge in [0.15, 0.2) is 0 Å². The summed E-state index contributed by atoms with van der Waals surface area (Å²) in [6.07, 6.45) is 2.08. The number of hydrogen-bond acceptors (Lipinski definition) is 1. The van der Waals surface area contributed by atoms with E-state index >= 15 is 0 Å². The van der Waals surface area contributed by atoms with Crippen molar-refractivity contribution < 1.29 is 4.79 Å². The Morgan fingerprint density at radius 2 is 1.80 bits per heavy atom. The first-order valence-corrected chi connectivity index (χ1v) is 8.68. The molecule has 1 aromatic carbocycles. The van der Waals surface area contributed by atoms with E-state index in [4.69, 9.17) is 0 Å². The lowest BCUT2D eigenvalue weighted by Crippen LogP contribution is -2.68. The average Bonchev–Trinajstić information content (AvgIpc) is 2.80. The third-order valence-electron chi connectivity index (χ3n) is 6.08. The summed E-state index contributed by atoms with van der Waals surface area (Å²) in [5.41, 5.74) is 0.843. The van der Waals surface area contributed by atoms with Crippen molar-refractivity contribution in [3.8, 4) is 0 Å². The van der Waals surface area contributed by atoms with Crippen LogP contribution < -0.4 is 5.32 Å². The number of carbonyl (C=O) groups is 1. The largest absolute Gasteiger partial charge is 0.326 e. The topological polar surface area (TPSA) is 29.1 Å². The highest BCUT2D eigenvalue weighted by Gasteiger charge is 2.80. The summed E-state index contributed by atoms with van der Waals surface area (Å²) in [7, 11) is 0. The van der Waals surface area contributed by atoms with E-state index in [1.807, 2.05) is 24.3 Å². The van der Waals surface area contributed by atoms with Gasteiger partial charge in [0.05, 0.1) is 5.41 Å². The summed E-state index contributed by atoms with van der Waals surface area (Å²) < 4.78 is 1.02. The van der Waals surface area contributed by atoms with E-state index in [1.165, 1.54) is 0 Å². The zero-order valence-corrected chi connectivity index (χ0v) is 15.1. The number of rotatable bonds is 2. The molecule has 0 aromatic heterocycles. The highest BCUT2D eigenvalue weighted by atomic mass is 79.9. The molecule has 3 aliphatic carbocycles. The Balaban J connectivity index is 1.86. The van der Waals surface area contributed by atoms with Gasteiger partial charge in [0.2, 0.25) is 5.91 Å². The van der Waals surface area contributed by atoms with Gasteiger partial charge >= 0.3 is 0 Å². The molecular weight excluding hydrogens is 382 g/mol. The molecule has 0 saturated heterocycles. The molecule has 2 nitrogen and oxygen atoms in total. The number of benzene rings is 1. The van der Waals surface area contributed by atoms with Gasteiger partial charge in [-0.2, -0.15) is 0 Å². The summed E-state index contributed by atoms with van der Waals surface area (Å²) in [5.74, 6) is 0.154. The molecule has 0 aliphatic heterocycles. The SMILES string of the molecule is CC1(C)[C@@]2(C)CC[C@@]1(C(=O)Nc1ccc(Br)cc1)[C@@H]2Br. The number of anilines is 1. The van der Waals surface area contributed by atoms with Crippen LogP contribution in [0, 0.1) is 16.2 Å². The number of amides is 1. The van der Waals surface area contributed by atoms with Crippen LogP contribution in [0.4, 0.5) is 5.69 Å². The molecule has 4 rings (SSSR count). The van der Waals surface area contributed by atoms with Crippen molar-refractivity contribution in [3.63, 3.8) is 0 Å². The first-order valence-electron chi connectivity index (χ1n) is 6.97. The number of fused-ring (bicyclic) bond motifs is 1. The van der Waals surface area contributed by atoms with Gasteiger partial charge in [-0.15, -0.1) is 0 Å². The molecule has 1 aromatic rings. The van der Waals surface area contributed by atoms with Crippen molar-refractivity contribution in [2.75, 3.05) is 5.32 Å². The van der Waals surface area contributed by atoms with Crippen LogP contribution in [0.3, 0.4) is 0 Å². The van der Waals surface area contributed by atoms with Crippen molar-refractivity contribution >= 4 is 43.5 Å². The van der Waals surface area contributed by atoms with Crippen molar-refractivity contribution in [3.05, 3.63) is 28.7 Å². The molecule has 0 unspecified atom stereocenters. The van der Waals surface area contributed by atoms with Gasteiger partial charge in [-0.25, -0.2) is 0 Å². The average molecular weight is 401 g/mol. The van der Waals surface area contributed by atoms with Gasteiger partial charge in [-0.1, -0.05) is 52.6 Å². The Kier molecular flexibility index (Phi) is 3.15. The Labute approximate surface area is 137 Å². The molecule has 1 amide bonds. The number of nitrogens with one attached hydrogen (secondary N) is 1. The molecule has 3 fully saturated rings. The summed E-state index contributed by atoms with van der Waals surface area (Å²) >= 11 is 7.21. The fourth-order valence-corrected chi connectivity index (χ4v) is 6.31. The summed E-state index contributed by atoms with van der Waals surface area (Å²) in [6, 6.07) is 7.76. The van der Waals surface area contributed by atoms with E-state index < -0.39 is 0 Å². The maximum Gasteiger partial charge on any atom is 0.232 e. The van der Waals surface area contributed by atoms with Crippen molar-refractivity contribution in [1.82, 2.24) is 0 Å². The lowest BCUT2D eigenvalue weighted by Gasteiger charge is -2.64. The van der Waals surface area contributed by atoms with Crippen molar-refractivity contribution in [2.24, 2.45) is 16.2 Å². The van der Waals surface area contributed by atoms with E-state index in [0.29, 0.717) is 0 Å². The van der Waals surface area contributed by atoms with Crippen LogP contribution in [0.15, 0.2) is 28.7 Å². The monoisotopic (exact) mass is 399 g/mol. The quantitative estimate of drug-likeness (QED) is 0.697. The van der Waals surface area contributed by atoms with Gasteiger partial charge < -0.3 is 5.32 Å². The molecule has 3 aliphatic rings. The van der Waals surface area contributed by atoms with Gasteiger partial charge in [0.1, 0.15) is 0 Å². The minimum atomic E-state index is -0.283. The number of alkyl halides is 1. The fraction of sp³-hybridized carbons (Fsp3) is 0.562. The van der Waals surface area contributed by atoms with E-state index in [1.54, 1.807) is 0 Å². The molecule has 0 spiro atoms. The van der Waals surface area contributed by atoms with Crippen LogP contribution in [0.25, 0.3) is 0 Å². The predicted molar refractivity (Wildman–Crippen MR) is 89.0 cm³/mol. The zero-order valence-electron chi connectivity index (χ0n) is 12.0. The van der Waals surface area contributed by atoms with Gasteiger partial charge in [-0.3, -0.25) is 4.79 Å². The van der Waals surface area contributed by atoms with Gasteiger partial charge in [0, 0.05) is 15.0 Å². The lowest BCUT2D eigenvalue weighted by molar-refractivity contribution is -0.155. The normalized spacial score (nSPS) is 37.4. The van der Waals surface area contributed by atoms with Crippen LogP contribution in [-0.4, -0.2) is 10.7 Å². The Hall–Kier alpha value is -0.350. The molecule has 2 bridgehead atoms. The molecular formula is C16H19Br2NO. The molecule has 3 atom stereocenters. The fourth-order valence-electron chi connectivity index (χ4n) is 4.23. The minimum Gasteiger partial charge on any atom is -0.326 e. The number of carbonyl (C=O) groups excluding carboxylic acids is 1. The lowest BCUT2D eigenvalue weighted by atomic mass is 9.43. The predicted octanol–water partition coefficient (Wildman–Crippen LogP) is 4.98. The second kappa shape index (κ2) is 4.33. The van der Waals surface area contributed by atoms with Crippen LogP contribution in [0.1, 0.15) is 33.6 Å². The maximum absolute atomic E-state index is 12.9. The van der Waals surface area contributed by atoms with Crippen molar-refractivity contribution in [2.45, 2.75) is 38.4 Å². The van der Waals surface area contributed by atoms with Gasteiger partial charge in [-0.05, 0) is 47.9 Å². The first-order chi connectivity index (χ1) is 9.25. The molecule has 4 heteroatoms. The van der Waals surface area contributed by atoms with E-state index in [-0.39, 0.29) is 27.0 Å². The molecule has 20 heavy (non-hydrogen) atoms. The van der Waals surface area contributed by atoms with E-state index in [9.17, 15) is 4.79 Å². The van der Waals surface area contributed by atoms with Crippen molar-refractivity contribution in [1.29, 1.82) is 0 Å².